The van der Waals surface area contributed by atoms with Gasteiger partial charge in [-0.1, -0.05) is 12.1 Å². The largest absolute Gasteiger partial charge is 0.411 e. The molecule has 0 unspecified atom stereocenters. The van der Waals surface area contributed by atoms with Crippen LogP contribution in [0.25, 0.3) is 0 Å². The van der Waals surface area contributed by atoms with Gasteiger partial charge >= 0.3 is 6.18 Å². The molecule has 0 aromatic heterocycles. The molecule has 6 heteroatoms. The third kappa shape index (κ3) is 5.97. The van der Waals surface area contributed by atoms with E-state index >= 15 is 0 Å². The summed E-state index contributed by atoms with van der Waals surface area (Å²) in [6.07, 6.45) is -4.30. The Labute approximate surface area is 103 Å². The molecular weight excluding hydrogens is 250 g/mol. The summed E-state index contributed by atoms with van der Waals surface area (Å²) in [4.78, 5) is 0. The molecule has 0 heterocycles. The van der Waals surface area contributed by atoms with Crippen LogP contribution in [0, 0.1) is 5.82 Å². The molecule has 0 aliphatic rings. The molecule has 0 amide bonds. The molecule has 0 aliphatic heterocycles. The molecule has 1 atom stereocenters. The Morgan fingerprint density at radius 3 is 2.67 bits per heavy atom. The molecule has 1 rings (SSSR count). The average Bonchev–Trinajstić information content (AvgIpc) is 2.26. The van der Waals surface area contributed by atoms with Crippen molar-refractivity contribution in [2.45, 2.75) is 19.1 Å². The lowest BCUT2D eigenvalue weighted by Gasteiger charge is -2.14. The summed E-state index contributed by atoms with van der Waals surface area (Å²) in [5.41, 5.74) is 0.742. The fourth-order valence-electron chi connectivity index (χ4n) is 1.43. The monoisotopic (exact) mass is 265 g/mol. The summed E-state index contributed by atoms with van der Waals surface area (Å²) in [6.45, 7) is 0.786. The van der Waals surface area contributed by atoms with Crippen molar-refractivity contribution >= 4 is 0 Å². The molecule has 1 aromatic rings. The van der Waals surface area contributed by atoms with Gasteiger partial charge in [0.1, 0.15) is 12.4 Å². The van der Waals surface area contributed by atoms with Gasteiger partial charge in [0.2, 0.25) is 0 Å². The lowest BCUT2D eigenvalue weighted by molar-refractivity contribution is -0.173. The van der Waals surface area contributed by atoms with Crippen LogP contribution in [0.4, 0.5) is 17.6 Å². The molecule has 0 spiro atoms. The quantitative estimate of drug-likeness (QED) is 0.630. The topological polar surface area (TPSA) is 21.3 Å². The van der Waals surface area contributed by atoms with Crippen LogP contribution in [-0.2, 0) is 4.74 Å². The maximum absolute atomic E-state index is 12.9. The van der Waals surface area contributed by atoms with Gasteiger partial charge in [-0.3, -0.25) is 0 Å². The second-order valence-corrected chi connectivity index (χ2v) is 3.90. The molecule has 0 aliphatic carbocycles. The molecule has 102 valence electrons. The third-order valence-electron chi connectivity index (χ3n) is 2.31. The van der Waals surface area contributed by atoms with Gasteiger partial charge in [0.05, 0.1) is 6.61 Å². The number of hydrogen-bond acceptors (Lipinski definition) is 2. The van der Waals surface area contributed by atoms with Crippen LogP contribution < -0.4 is 5.32 Å². The van der Waals surface area contributed by atoms with Crippen molar-refractivity contribution in [2.24, 2.45) is 0 Å². The van der Waals surface area contributed by atoms with Crippen LogP contribution >= 0.6 is 0 Å². The Morgan fingerprint density at radius 1 is 1.33 bits per heavy atom. The Bertz CT molecular complexity index is 367. The minimum absolute atomic E-state index is 0.0425. The highest BCUT2D eigenvalue weighted by molar-refractivity contribution is 5.19. The number of nitrogens with one attached hydrogen (secondary N) is 1. The molecule has 0 fully saturated rings. The van der Waals surface area contributed by atoms with E-state index in [4.69, 9.17) is 0 Å². The Balaban J connectivity index is 2.23. The van der Waals surface area contributed by atoms with Gasteiger partial charge in [-0.05, 0) is 24.6 Å². The molecule has 0 saturated carbocycles. The van der Waals surface area contributed by atoms with Crippen molar-refractivity contribution in [1.82, 2.24) is 5.32 Å². The first kappa shape index (κ1) is 14.9. The summed E-state index contributed by atoms with van der Waals surface area (Å²) in [5.74, 6) is -0.338. The number of hydrogen-bond donors (Lipinski definition) is 1. The molecule has 2 nitrogen and oxygen atoms in total. The van der Waals surface area contributed by atoms with Crippen LogP contribution in [-0.4, -0.2) is 25.9 Å². The van der Waals surface area contributed by atoms with Crippen molar-refractivity contribution in [3.05, 3.63) is 35.6 Å². The van der Waals surface area contributed by atoms with Gasteiger partial charge in [0.25, 0.3) is 0 Å². The first-order valence-electron chi connectivity index (χ1n) is 5.52. The summed E-state index contributed by atoms with van der Waals surface area (Å²) in [6, 6.07) is 5.91. The molecule has 0 bridgehead atoms. The zero-order valence-electron chi connectivity index (χ0n) is 9.93. The number of rotatable bonds is 6. The van der Waals surface area contributed by atoms with Crippen LogP contribution in [0.5, 0.6) is 0 Å². The van der Waals surface area contributed by atoms with Crippen molar-refractivity contribution in [3.63, 3.8) is 0 Å². The summed E-state index contributed by atoms with van der Waals surface area (Å²) in [5, 5.41) is 2.95. The highest BCUT2D eigenvalue weighted by atomic mass is 19.4. The minimum atomic E-state index is -4.30. The van der Waals surface area contributed by atoms with Crippen LogP contribution in [0.1, 0.15) is 18.5 Å². The smallest absolute Gasteiger partial charge is 0.371 e. The van der Waals surface area contributed by atoms with Gasteiger partial charge in [-0.15, -0.1) is 0 Å². The predicted molar refractivity (Wildman–Crippen MR) is 59.7 cm³/mol. The lowest BCUT2D eigenvalue weighted by Crippen LogP contribution is -2.26. The standard InChI is InChI=1S/C12H15F4NO/c1-9(10-3-2-4-11(13)7-10)17-5-6-18-8-12(14,15)16/h2-4,7,9,17H,5-6,8H2,1H3/t9-/m1/s1. The third-order valence-corrected chi connectivity index (χ3v) is 2.31. The van der Waals surface area contributed by atoms with E-state index in [9.17, 15) is 17.6 Å². The Hall–Kier alpha value is -1.14. The normalized spacial score (nSPS) is 13.6. The van der Waals surface area contributed by atoms with Gasteiger partial charge < -0.3 is 10.1 Å². The summed E-state index contributed by atoms with van der Waals surface area (Å²) >= 11 is 0. The number of halogens is 4. The zero-order valence-corrected chi connectivity index (χ0v) is 9.93. The number of benzene rings is 1. The SMILES string of the molecule is C[C@@H](NCCOCC(F)(F)F)c1cccc(F)c1. The van der Waals surface area contributed by atoms with Gasteiger partial charge in [-0.25, -0.2) is 4.39 Å². The van der Waals surface area contributed by atoms with Crippen LogP contribution in [0.2, 0.25) is 0 Å². The van der Waals surface area contributed by atoms with E-state index in [2.05, 4.69) is 10.1 Å². The number of alkyl halides is 3. The fourth-order valence-corrected chi connectivity index (χ4v) is 1.43. The van der Waals surface area contributed by atoms with Gasteiger partial charge in [0, 0.05) is 12.6 Å². The number of ether oxygens (including phenoxy) is 1. The van der Waals surface area contributed by atoms with E-state index in [0.29, 0.717) is 0 Å². The zero-order chi connectivity index (χ0) is 13.6. The highest BCUT2D eigenvalue weighted by Gasteiger charge is 2.27. The van der Waals surface area contributed by atoms with E-state index in [-0.39, 0.29) is 25.0 Å². The van der Waals surface area contributed by atoms with E-state index in [1.165, 1.54) is 12.1 Å². The van der Waals surface area contributed by atoms with E-state index in [0.717, 1.165) is 5.56 Å². The van der Waals surface area contributed by atoms with E-state index in [1.54, 1.807) is 19.1 Å². The van der Waals surface area contributed by atoms with E-state index < -0.39 is 12.8 Å². The Morgan fingerprint density at radius 2 is 2.06 bits per heavy atom. The predicted octanol–water partition coefficient (Wildman–Crippen LogP) is 3.06. The molecule has 0 radical (unpaired) electrons. The summed E-state index contributed by atoms with van der Waals surface area (Å²) in [7, 11) is 0. The fraction of sp³-hybridized carbons (Fsp3) is 0.500. The van der Waals surface area contributed by atoms with Crippen molar-refractivity contribution in [2.75, 3.05) is 19.8 Å². The van der Waals surface area contributed by atoms with Crippen LogP contribution in [0.15, 0.2) is 24.3 Å². The first-order valence-corrected chi connectivity index (χ1v) is 5.52. The Kier molecular flexibility index (Phi) is 5.55. The molecule has 1 N–H and O–H groups in total. The minimum Gasteiger partial charge on any atom is -0.371 e. The molecular formula is C12H15F4NO. The second-order valence-electron chi connectivity index (χ2n) is 3.90. The van der Waals surface area contributed by atoms with Crippen molar-refractivity contribution in [3.8, 4) is 0 Å². The summed E-state index contributed by atoms with van der Waals surface area (Å²) < 4.78 is 52.7. The van der Waals surface area contributed by atoms with Crippen molar-refractivity contribution in [1.29, 1.82) is 0 Å². The first-order chi connectivity index (χ1) is 8.38. The second kappa shape index (κ2) is 6.70. The van der Waals surface area contributed by atoms with Gasteiger partial charge in [0.15, 0.2) is 0 Å². The highest BCUT2D eigenvalue weighted by Crippen LogP contribution is 2.15. The molecule has 18 heavy (non-hydrogen) atoms. The molecule has 0 saturated heterocycles. The lowest BCUT2D eigenvalue weighted by atomic mass is 10.1. The van der Waals surface area contributed by atoms with E-state index in [1.807, 2.05) is 0 Å². The average molecular weight is 265 g/mol. The van der Waals surface area contributed by atoms with Gasteiger partial charge in [-0.2, -0.15) is 13.2 Å². The van der Waals surface area contributed by atoms with Crippen molar-refractivity contribution < 1.29 is 22.3 Å². The maximum Gasteiger partial charge on any atom is 0.411 e. The van der Waals surface area contributed by atoms with Crippen LogP contribution in [0.3, 0.4) is 0 Å². The molecule has 1 aromatic carbocycles. The maximum atomic E-state index is 12.9.